The summed E-state index contributed by atoms with van der Waals surface area (Å²) < 4.78 is 5.56. The van der Waals surface area contributed by atoms with Gasteiger partial charge in [0.25, 0.3) is 0 Å². The first-order valence-corrected chi connectivity index (χ1v) is 6.41. The Hall–Kier alpha value is -1.46. The van der Waals surface area contributed by atoms with Crippen molar-refractivity contribution in [1.29, 1.82) is 0 Å². The topological polar surface area (TPSA) is 21.3 Å². The number of hydrogen-bond donors (Lipinski definition) is 1. The Balaban J connectivity index is 2.70. The molecule has 1 aromatic rings. The van der Waals surface area contributed by atoms with E-state index in [-0.39, 0.29) is 0 Å². The largest absolute Gasteiger partial charge is 0.480 e. The molecule has 2 nitrogen and oxygen atoms in total. The molecule has 0 fully saturated rings. The number of hydrogen-bond acceptors (Lipinski definition) is 2. The number of ether oxygens (including phenoxy) is 1. The maximum absolute atomic E-state index is 5.56. The highest BCUT2D eigenvalue weighted by molar-refractivity contribution is 5.43. The summed E-state index contributed by atoms with van der Waals surface area (Å²) in [6.07, 6.45) is 5.22. The fourth-order valence-electron chi connectivity index (χ4n) is 1.99. The van der Waals surface area contributed by atoms with Crippen LogP contribution in [-0.2, 0) is 6.54 Å². The maximum atomic E-state index is 5.56. The van der Waals surface area contributed by atoms with Crippen LogP contribution in [-0.4, -0.2) is 13.2 Å². The first-order valence-electron chi connectivity index (χ1n) is 6.41. The van der Waals surface area contributed by atoms with Crippen molar-refractivity contribution in [2.45, 2.75) is 34.2 Å². The van der Waals surface area contributed by atoms with Gasteiger partial charge in [0, 0.05) is 6.54 Å². The summed E-state index contributed by atoms with van der Waals surface area (Å²) in [6.45, 7) is 10.8. The molecule has 0 unspecified atom stereocenters. The van der Waals surface area contributed by atoms with E-state index in [1.165, 1.54) is 5.56 Å². The Morgan fingerprint density at radius 2 is 1.89 bits per heavy atom. The quantitative estimate of drug-likeness (QED) is 0.778. The van der Waals surface area contributed by atoms with Gasteiger partial charge in [-0.2, -0.15) is 0 Å². The third-order valence-corrected chi connectivity index (χ3v) is 2.70. The van der Waals surface area contributed by atoms with Gasteiger partial charge in [-0.05, 0) is 43.0 Å². The minimum Gasteiger partial charge on any atom is -0.480 e. The minimum atomic E-state index is 0.326. The van der Waals surface area contributed by atoms with Gasteiger partial charge in [-0.3, -0.25) is 0 Å². The SMILES string of the molecule is C#CCOc1c(C)cc(CNCC(C)C)cc1C. The van der Waals surface area contributed by atoms with Crippen molar-refractivity contribution in [2.75, 3.05) is 13.2 Å². The Morgan fingerprint density at radius 1 is 1.28 bits per heavy atom. The van der Waals surface area contributed by atoms with Crippen LogP contribution in [0.25, 0.3) is 0 Å². The van der Waals surface area contributed by atoms with Crippen molar-refractivity contribution in [3.63, 3.8) is 0 Å². The zero-order valence-corrected chi connectivity index (χ0v) is 11.8. The van der Waals surface area contributed by atoms with Crippen LogP contribution in [0.2, 0.25) is 0 Å². The Labute approximate surface area is 111 Å². The Morgan fingerprint density at radius 3 is 2.39 bits per heavy atom. The van der Waals surface area contributed by atoms with E-state index < -0.39 is 0 Å². The van der Waals surface area contributed by atoms with E-state index in [1.807, 2.05) is 0 Å². The molecule has 0 radical (unpaired) electrons. The Bertz CT molecular complexity index is 406. The van der Waals surface area contributed by atoms with E-state index in [0.717, 1.165) is 30.0 Å². The van der Waals surface area contributed by atoms with E-state index in [0.29, 0.717) is 12.5 Å². The van der Waals surface area contributed by atoms with Crippen molar-refractivity contribution in [2.24, 2.45) is 5.92 Å². The molecule has 98 valence electrons. The van der Waals surface area contributed by atoms with Crippen molar-refractivity contribution < 1.29 is 4.74 Å². The molecular weight excluding hydrogens is 222 g/mol. The van der Waals surface area contributed by atoms with E-state index in [9.17, 15) is 0 Å². The fraction of sp³-hybridized carbons (Fsp3) is 0.500. The summed E-state index contributed by atoms with van der Waals surface area (Å²) in [7, 11) is 0. The smallest absolute Gasteiger partial charge is 0.148 e. The standard InChI is InChI=1S/C16H23NO/c1-6-7-18-16-13(4)8-15(9-14(16)5)11-17-10-12(2)3/h1,8-9,12,17H,7,10-11H2,2-5H3. The molecule has 0 aliphatic heterocycles. The minimum absolute atomic E-state index is 0.326. The van der Waals surface area contributed by atoms with Gasteiger partial charge >= 0.3 is 0 Å². The van der Waals surface area contributed by atoms with Crippen LogP contribution in [0.4, 0.5) is 0 Å². The molecule has 0 amide bonds. The lowest BCUT2D eigenvalue weighted by Gasteiger charge is -2.13. The number of terminal acetylenes is 1. The van der Waals surface area contributed by atoms with Crippen molar-refractivity contribution in [1.82, 2.24) is 5.32 Å². The summed E-state index contributed by atoms with van der Waals surface area (Å²) in [5, 5.41) is 3.45. The van der Waals surface area contributed by atoms with Crippen molar-refractivity contribution in [3.05, 3.63) is 28.8 Å². The average Bonchev–Trinajstić information content (AvgIpc) is 2.27. The van der Waals surface area contributed by atoms with Crippen LogP contribution in [0.1, 0.15) is 30.5 Å². The molecule has 1 aromatic carbocycles. The van der Waals surface area contributed by atoms with Gasteiger partial charge in [0.05, 0.1) is 0 Å². The molecule has 0 spiro atoms. The van der Waals surface area contributed by atoms with Gasteiger partial charge in [-0.15, -0.1) is 6.42 Å². The van der Waals surface area contributed by atoms with Gasteiger partial charge in [-0.1, -0.05) is 31.9 Å². The van der Waals surface area contributed by atoms with E-state index in [1.54, 1.807) is 0 Å². The predicted molar refractivity (Wildman–Crippen MR) is 76.8 cm³/mol. The predicted octanol–water partition coefficient (Wildman–Crippen LogP) is 3.06. The molecule has 18 heavy (non-hydrogen) atoms. The number of benzene rings is 1. The van der Waals surface area contributed by atoms with Crippen LogP contribution in [0, 0.1) is 32.1 Å². The molecular formula is C16H23NO. The second-order valence-corrected chi connectivity index (χ2v) is 5.08. The molecule has 0 bridgehead atoms. The normalized spacial score (nSPS) is 10.4. The number of rotatable bonds is 6. The summed E-state index contributed by atoms with van der Waals surface area (Å²) in [6, 6.07) is 4.32. The van der Waals surface area contributed by atoms with Gasteiger partial charge < -0.3 is 10.1 Å². The van der Waals surface area contributed by atoms with Gasteiger partial charge in [-0.25, -0.2) is 0 Å². The van der Waals surface area contributed by atoms with Crippen molar-refractivity contribution >= 4 is 0 Å². The van der Waals surface area contributed by atoms with E-state index in [2.05, 4.69) is 51.1 Å². The third kappa shape index (κ3) is 4.43. The average molecular weight is 245 g/mol. The molecule has 2 heteroatoms. The third-order valence-electron chi connectivity index (χ3n) is 2.70. The molecule has 0 atom stereocenters. The Kier molecular flexibility index (Phi) is 5.74. The molecule has 0 aliphatic carbocycles. The van der Waals surface area contributed by atoms with Crippen LogP contribution in [0.15, 0.2) is 12.1 Å². The van der Waals surface area contributed by atoms with Crippen molar-refractivity contribution in [3.8, 4) is 18.1 Å². The lowest BCUT2D eigenvalue weighted by molar-refractivity contribution is 0.365. The maximum Gasteiger partial charge on any atom is 0.148 e. The first-order chi connectivity index (χ1) is 8.54. The summed E-state index contributed by atoms with van der Waals surface area (Å²) in [5.74, 6) is 4.09. The summed E-state index contributed by atoms with van der Waals surface area (Å²) in [5.41, 5.74) is 3.58. The highest BCUT2D eigenvalue weighted by atomic mass is 16.5. The molecule has 0 aliphatic rings. The zero-order chi connectivity index (χ0) is 13.5. The second-order valence-electron chi connectivity index (χ2n) is 5.08. The summed E-state index contributed by atoms with van der Waals surface area (Å²) in [4.78, 5) is 0. The van der Waals surface area contributed by atoms with Crippen LogP contribution in [0.3, 0.4) is 0 Å². The van der Waals surface area contributed by atoms with Gasteiger partial charge in [0.2, 0.25) is 0 Å². The highest BCUT2D eigenvalue weighted by Crippen LogP contribution is 2.24. The van der Waals surface area contributed by atoms with E-state index >= 15 is 0 Å². The molecule has 1 rings (SSSR count). The monoisotopic (exact) mass is 245 g/mol. The van der Waals surface area contributed by atoms with Crippen LogP contribution in [0.5, 0.6) is 5.75 Å². The van der Waals surface area contributed by atoms with Crippen LogP contribution >= 0.6 is 0 Å². The highest BCUT2D eigenvalue weighted by Gasteiger charge is 2.06. The summed E-state index contributed by atoms with van der Waals surface area (Å²) >= 11 is 0. The number of aryl methyl sites for hydroxylation is 2. The molecule has 0 saturated carbocycles. The van der Waals surface area contributed by atoms with E-state index in [4.69, 9.17) is 11.2 Å². The lowest BCUT2D eigenvalue weighted by Crippen LogP contribution is -2.19. The zero-order valence-electron chi connectivity index (χ0n) is 11.8. The molecule has 1 N–H and O–H groups in total. The second kappa shape index (κ2) is 7.08. The fourth-order valence-corrected chi connectivity index (χ4v) is 1.99. The first kappa shape index (κ1) is 14.6. The van der Waals surface area contributed by atoms with Crippen LogP contribution < -0.4 is 10.1 Å². The molecule has 0 saturated heterocycles. The van der Waals surface area contributed by atoms with Gasteiger partial charge in [0.1, 0.15) is 12.4 Å². The number of nitrogens with one attached hydrogen (secondary N) is 1. The van der Waals surface area contributed by atoms with Gasteiger partial charge in [0.15, 0.2) is 0 Å². The lowest BCUT2D eigenvalue weighted by atomic mass is 10.1. The molecule has 0 heterocycles. The molecule has 0 aromatic heterocycles.